The fourth-order valence-electron chi connectivity index (χ4n) is 3.42. The van der Waals surface area contributed by atoms with Crippen molar-refractivity contribution in [1.82, 2.24) is 9.88 Å². The number of hydrogen-bond acceptors (Lipinski definition) is 6. The molecule has 0 spiro atoms. The molecule has 1 aliphatic heterocycles. The number of benzene rings is 1. The molecule has 0 saturated carbocycles. The zero-order chi connectivity index (χ0) is 19.4. The molecule has 0 radical (unpaired) electrons. The third kappa shape index (κ3) is 4.64. The summed E-state index contributed by atoms with van der Waals surface area (Å²) in [6.07, 6.45) is 3.52. The molecule has 27 heavy (non-hydrogen) atoms. The van der Waals surface area contributed by atoms with Gasteiger partial charge in [-0.15, -0.1) is 0 Å². The van der Waals surface area contributed by atoms with Gasteiger partial charge in [0.1, 0.15) is 5.69 Å². The summed E-state index contributed by atoms with van der Waals surface area (Å²) in [6.45, 7) is 3.08. The molecular weight excluding hydrogens is 336 g/mol. The van der Waals surface area contributed by atoms with Gasteiger partial charge in [0, 0.05) is 18.7 Å². The monoisotopic (exact) mass is 366 g/mol. The minimum absolute atomic E-state index is 0.354. The molecule has 0 aliphatic carbocycles. The number of unbranched alkanes of at least 4 members (excludes halogenated alkanes) is 1. The van der Waals surface area contributed by atoms with Gasteiger partial charge >= 0.3 is 0 Å². The highest BCUT2D eigenvalue weighted by Crippen LogP contribution is 2.33. The molecule has 0 bridgehead atoms. The van der Waals surface area contributed by atoms with Crippen LogP contribution in [-0.4, -0.2) is 29.9 Å². The molecule has 0 fully saturated rings. The number of rotatable bonds is 7. The lowest BCUT2D eigenvalue weighted by Gasteiger charge is -2.31. The Balaban J connectivity index is 1.82. The standard InChI is InChI=1S/C21H30N6/c1-4-5-12-21(23)19-18(25-20(22)26-21)11-10-17(24-19)13-15-6-8-16(9-7-15)14-27(2)3/h6-11H,4-5,12-14,23H2,1-3H3,(H3,22,25,26). The van der Waals surface area contributed by atoms with Gasteiger partial charge in [0.2, 0.25) is 0 Å². The molecule has 5 N–H and O–H groups in total. The van der Waals surface area contributed by atoms with E-state index in [1.807, 2.05) is 12.1 Å². The molecule has 6 heteroatoms. The van der Waals surface area contributed by atoms with Gasteiger partial charge in [0.05, 0.1) is 5.69 Å². The van der Waals surface area contributed by atoms with Crippen LogP contribution in [0.1, 0.15) is 48.7 Å². The molecule has 2 aromatic rings. The van der Waals surface area contributed by atoms with Crippen LogP contribution < -0.4 is 16.8 Å². The topological polar surface area (TPSA) is 92.6 Å². The number of aromatic nitrogens is 1. The minimum atomic E-state index is -0.855. The van der Waals surface area contributed by atoms with Gasteiger partial charge in [-0.1, -0.05) is 37.6 Å². The van der Waals surface area contributed by atoms with Crippen molar-refractivity contribution in [3.63, 3.8) is 0 Å². The number of anilines is 1. The van der Waals surface area contributed by atoms with E-state index in [1.165, 1.54) is 11.1 Å². The molecule has 1 aliphatic rings. The van der Waals surface area contributed by atoms with Crippen LogP contribution in [0.25, 0.3) is 0 Å². The molecule has 3 rings (SSSR count). The molecule has 2 heterocycles. The maximum atomic E-state index is 6.60. The Hall–Kier alpha value is -2.44. The van der Waals surface area contributed by atoms with Crippen LogP contribution in [0.15, 0.2) is 41.4 Å². The fraction of sp³-hybridized carbons (Fsp3) is 0.429. The Labute approximate surface area is 161 Å². The third-order valence-electron chi connectivity index (χ3n) is 4.76. The zero-order valence-corrected chi connectivity index (χ0v) is 16.5. The summed E-state index contributed by atoms with van der Waals surface area (Å²) in [5, 5.41) is 3.09. The normalized spacial score (nSPS) is 18.8. The Morgan fingerprint density at radius 1 is 1.07 bits per heavy atom. The van der Waals surface area contributed by atoms with E-state index in [0.717, 1.165) is 49.3 Å². The molecule has 0 amide bonds. The first kappa shape index (κ1) is 19.3. The van der Waals surface area contributed by atoms with Crippen LogP contribution in [0.4, 0.5) is 5.69 Å². The van der Waals surface area contributed by atoms with Crippen molar-refractivity contribution in [2.75, 3.05) is 19.4 Å². The zero-order valence-electron chi connectivity index (χ0n) is 16.5. The van der Waals surface area contributed by atoms with Crippen molar-refractivity contribution in [2.24, 2.45) is 16.5 Å². The smallest absolute Gasteiger partial charge is 0.195 e. The number of hydrogen-bond donors (Lipinski definition) is 3. The number of pyridine rings is 1. The Kier molecular flexibility index (Phi) is 5.77. The lowest BCUT2D eigenvalue weighted by Crippen LogP contribution is -2.44. The van der Waals surface area contributed by atoms with Crippen LogP contribution in [0.3, 0.4) is 0 Å². The largest absolute Gasteiger partial charge is 0.370 e. The van der Waals surface area contributed by atoms with E-state index in [4.69, 9.17) is 16.5 Å². The molecule has 0 saturated heterocycles. The van der Waals surface area contributed by atoms with E-state index in [9.17, 15) is 0 Å². The number of nitrogens with one attached hydrogen (secondary N) is 1. The van der Waals surface area contributed by atoms with E-state index < -0.39 is 5.66 Å². The van der Waals surface area contributed by atoms with Gasteiger partial charge in [0.15, 0.2) is 11.6 Å². The Bertz CT molecular complexity index is 812. The van der Waals surface area contributed by atoms with Crippen LogP contribution in [0.5, 0.6) is 0 Å². The summed E-state index contributed by atoms with van der Waals surface area (Å²) in [4.78, 5) is 11.5. The van der Waals surface area contributed by atoms with Gasteiger partial charge in [0.25, 0.3) is 0 Å². The van der Waals surface area contributed by atoms with Crippen molar-refractivity contribution >= 4 is 11.6 Å². The van der Waals surface area contributed by atoms with E-state index in [2.05, 4.69) is 60.5 Å². The summed E-state index contributed by atoms with van der Waals surface area (Å²) < 4.78 is 0. The number of nitrogens with zero attached hydrogens (tertiary/aromatic N) is 3. The highest BCUT2D eigenvalue weighted by atomic mass is 15.2. The maximum absolute atomic E-state index is 6.60. The summed E-state index contributed by atoms with van der Waals surface area (Å²) >= 11 is 0. The molecule has 1 aromatic heterocycles. The predicted molar refractivity (Wildman–Crippen MR) is 112 cm³/mol. The highest BCUT2D eigenvalue weighted by Gasteiger charge is 2.34. The van der Waals surface area contributed by atoms with Crippen LogP contribution in [-0.2, 0) is 18.6 Å². The quantitative estimate of drug-likeness (QED) is 0.701. The van der Waals surface area contributed by atoms with Gasteiger partial charge < -0.3 is 21.7 Å². The summed E-state index contributed by atoms with van der Waals surface area (Å²) in [5.41, 5.74) is 16.8. The van der Waals surface area contributed by atoms with Gasteiger partial charge in [-0.3, -0.25) is 4.98 Å². The predicted octanol–water partition coefficient (Wildman–Crippen LogP) is 2.78. The molecule has 144 valence electrons. The second-order valence-corrected chi connectivity index (χ2v) is 7.58. The van der Waals surface area contributed by atoms with Gasteiger partial charge in [-0.2, -0.15) is 0 Å². The van der Waals surface area contributed by atoms with E-state index >= 15 is 0 Å². The van der Waals surface area contributed by atoms with Crippen molar-refractivity contribution in [3.05, 3.63) is 58.9 Å². The molecule has 1 aromatic carbocycles. The third-order valence-corrected chi connectivity index (χ3v) is 4.76. The highest BCUT2D eigenvalue weighted by molar-refractivity contribution is 5.95. The maximum Gasteiger partial charge on any atom is 0.195 e. The average Bonchev–Trinajstić information content (AvgIpc) is 2.62. The Morgan fingerprint density at radius 2 is 1.78 bits per heavy atom. The molecule has 1 unspecified atom stereocenters. The van der Waals surface area contributed by atoms with Crippen LogP contribution >= 0.6 is 0 Å². The molecule has 6 nitrogen and oxygen atoms in total. The van der Waals surface area contributed by atoms with Crippen LogP contribution in [0, 0.1) is 0 Å². The van der Waals surface area contributed by atoms with Gasteiger partial charge in [-0.25, -0.2) is 4.99 Å². The summed E-state index contributed by atoms with van der Waals surface area (Å²) in [7, 11) is 4.15. The van der Waals surface area contributed by atoms with Gasteiger partial charge in [-0.05, 0) is 50.2 Å². The number of aliphatic imine (C=N–C) groups is 1. The average molecular weight is 367 g/mol. The lowest BCUT2D eigenvalue weighted by atomic mass is 9.96. The van der Waals surface area contributed by atoms with Crippen molar-refractivity contribution in [2.45, 2.75) is 44.8 Å². The Morgan fingerprint density at radius 3 is 2.44 bits per heavy atom. The number of fused-ring (bicyclic) bond motifs is 1. The second-order valence-electron chi connectivity index (χ2n) is 7.58. The first-order valence-electron chi connectivity index (χ1n) is 9.54. The first-order chi connectivity index (χ1) is 12.9. The van der Waals surface area contributed by atoms with E-state index in [0.29, 0.717) is 5.96 Å². The number of nitrogens with two attached hydrogens (primary N) is 2. The SMILES string of the molecule is CCCCC1(N)N=C(N)Nc2ccc(Cc3ccc(CN(C)C)cc3)nc21. The van der Waals surface area contributed by atoms with Crippen molar-refractivity contribution in [1.29, 1.82) is 0 Å². The van der Waals surface area contributed by atoms with Crippen LogP contribution in [0.2, 0.25) is 0 Å². The summed E-state index contributed by atoms with van der Waals surface area (Å²) in [5.74, 6) is 0.354. The minimum Gasteiger partial charge on any atom is -0.370 e. The van der Waals surface area contributed by atoms with Crippen molar-refractivity contribution < 1.29 is 0 Å². The first-order valence-corrected chi connectivity index (χ1v) is 9.54. The fourth-order valence-corrected chi connectivity index (χ4v) is 3.42. The van der Waals surface area contributed by atoms with E-state index in [1.54, 1.807) is 0 Å². The lowest BCUT2D eigenvalue weighted by molar-refractivity contribution is 0.398. The van der Waals surface area contributed by atoms with Crippen molar-refractivity contribution in [3.8, 4) is 0 Å². The molecular formula is C21H30N6. The second kappa shape index (κ2) is 8.06. The van der Waals surface area contributed by atoms with E-state index in [-0.39, 0.29) is 0 Å². The molecule has 1 atom stereocenters. The number of guanidine groups is 1. The summed E-state index contributed by atoms with van der Waals surface area (Å²) in [6, 6.07) is 12.7.